The van der Waals surface area contributed by atoms with Crippen LogP contribution in [0.1, 0.15) is 20.8 Å². The highest BCUT2D eigenvalue weighted by atomic mass is 16.5. The number of anilines is 1. The van der Waals surface area contributed by atoms with E-state index in [0.717, 1.165) is 31.3 Å². The van der Waals surface area contributed by atoms with Crippen LogP contribution in [-0.4, -0.2) is 45.4 Å². The van der Waals surface area contributed by atoms with Crippen LogP contribution in [0.25, 0.3) is 0 Å². The average Bonchev–Trinajstić information content (AvgIpc) is 2.52. The van der Waals surface area contributed by atoms with Gasteiger partial charge >= 0.3 is 0 Å². The van der Waals surface area contributed by atoms with Gasteiger partial charge in [-0.25, -0.2) is 0 Å². The van der Waals surface area contributed by atoms with Gasteiger partial charge in [0.25, 0.3) is 0 Å². The Hall–Kier alpha value is -1.75. The number of hydrogen-bond acceptors (Lipinski definition) is 3. The molecule has 0 spiro atoms. The van der Waals surface area contributed by atoms with E-state index in [1.807, 2.05) is 18.2 Å². The second-order valence-electron chi connectivity index (χ2n) is 5.50. The van der Waals surface area contributed by atoms with Crippen molar-refractivity contribution in [2.75, 3.05) is 38.7 Å². The Morgan fingerprint density at radius 2 is 1.91 bits per heavy atom. The molecule has 3 N–H and O–H groups in total. The van der Waals surface area contributed by atoms with Crippen molar-refractivity contribution in [1.82, 2.24) is 10.6 Å². The molecule has 0 heterocycles. The Bertz CT molecular complexity index is 420. The van der Waals surface area contributed by atoms with E-state index in [4.69, 9.17) is 4.74 Å². The van der Waals surface area contributed by atoms with Crippen LogP contribution in [0, 0.1) is 5.92 Å². The minimum absolute atomic E-state index is 0.292. The van der Waals surface area contributed by atoms with Gasteiger partial charge in [0, 0.05) is 31.9 Å². The predicted octanol–water partition coefficient (Wildman–Crippen LogP) is 2.32. The van der Waals surface area contributed by atoms with E-state index in [9.17, 15) is 0 Å². The Morgan fingerprint density at radius 1 is 1.18 bits per heavy atom. The van der Waals surface area contributed by atoms with Crippen molar-refractivity contribution in [1.29, 1.82) is 0 Å². The van der Waals surface area contributed by atoms with Gasteiger partial charge in [0.15, 0.2) is 5.96 Å². The van der Waals surface area contributed by atoms with Gasteiger partial charge in [0.05, 0.1) is 13.2 Å². The number of ether oxygens (including phenoxy) is 1. The summed E-state index contributed by atoms with van der Waals surface area (Å²) in [5, 5.41) is 10.1. The Labute approximate surface area is 134 Å². The molecule has 0 aliphatic rings. The van der Waals surface area contributed by atoms with Gasteiger partial charge in [-0.3, -0.25) is 4.99 Å². The lowest BCUT2D eigenvalue weighted by molar-refractivity contribution is 0.203. The third kappa shape index (κ3) is 7.31. The maximum atomic E-state index is 5.06. The van der Waals surface area contributed by atoms with E-state index in [1.165, 1.54) is 0 Å². The number of aliphatic imine (C=N–C) groups is 1. The Balaban J connectivity index is 2.61. The minimum atomic E-state index is 0.292. The number of rotatable bonds is 9. The monoisotopic (exact) mass is 306 g/mol. The Kier molecular flexibility index (Phi) is 9.07. The van der Waals surface area contributed by atoms with Crippen LogP contribution < -0.4 is 16.0 Å². The van der Waals surface area contributed by atoms with Crippen molar-refractivity contribution in [3.8, 4) is 0 Å². The number of hydrogen-bond donors (Lipinski definition) is 3. The molecule has 0 aliphatic carbocycles. The first-order valence-electron chi connectivity index (χ1n) is 8.00. The van der Waals surface area contributed by atoms with Crippen LogP contribution in [0.15, 0.2) is 35.3 Å². The summed E-state index contributed by atoms with van der Waals surface area (Å²) in [4.78, 5) is 4.68. The lowest BCUT2D eigenvalue weighted by atomic mass is 10.0. The third-order valence-electron chi connectivity index (χ3n) is 3.32. The number of methoxy groups -OCH3 is 1. The average molecular weight is 306 g/mol. The molecular weight excluding hydrogens is 276 g/mol. The predicted molar refractivity (Wildman–Crippen MR) is 94.5 cm³/mol. The number of guanidine groups is 1. The molecule has 1 unspecified atom stereocenters. The summed E-state index contributed by atoms with van der Waals surface area (Å²) in [6, 6.07) is 10.6. The quantitative estimate of drug-likeness (QED) is 0.372. The van der Waals surface area contributed by atoms with Crippen LogP contribution in [0.5, 0.6) is 0 Å². The van der Waals surface area contributed by atoms with Crippen molar-refractivity contribution >= 4 is 11.6 Å². The first-order valence-corrected chi connectivity index (χ1v) is 8.00. The number of para-hydroxylation sites is 1. The van der Waals surface area contributed by atoms with E-state index in [0.29, 0.717) is 18.6 Å². The number of nitrogens with one attached hydrogen (secondary N) is 3. The van der Waals surface area contributed by atoms with Crippen LogP contribution in [0.4, 0.5) is 5.69 Å². The standard InChI is InChI=1S/C17H30N4O/c1-5-18-17(19-11-12-22-4)20-13-16(14(2)3)21-15-9-7-6-8-10-15/h6-10,14,16,21H,5,11-13H2,1-4H3,(H2,18,19,20). The molecule has 0 amide bonds. The lowest BCUT2D eigenvalue weighted by Gasteiger charge is -2.22. The van der Waals surface area contributed by atoms with E-state index < -0.39 is 0 Å². The summed E-state index contributed by atoms with van der Waals surface area (Å²) in [7, 11) is 1.70. The molecule has 1 rings (SSSR count). The Morgan fingerprint density at radius 3 is 2.50 bits per heavy atom. The normalized spacial score (nSPS) is 13.0. The maximum absolute atomic E-state index is 5.06. The third-order valence-corrected chi connectivity index (χ3v) is 3.32. The highest BCUT2D eigenvalue weighted by molar-refractivity contribution is 5.79. The zero-order chi connectivity index (χ0) is 16.2. The zero-order valence-corrected chi connectivity index (χ0v) is 14.2. The molecule has 0 saturated heterocycles. The van der Waals surface area contributed by atoms with Crippen LogP contribution in [-0.2, 0) is 4.74 Å². The van der Waals surface area contributed by atoms with Gasteiger partial charge in [0.2, 0.25) is 0 Å². The summed E-state index contributed by atoms with van der Waals surface area (Å²) >= 11 is 0. The summed E-state index contributed by atoms with van der Waals surface area (Å²) in [6.07, 6.45) is 0. The molecule has 1 aromatic carbocycles. The molecule has 5 nitrogen and oxygen atoms in total. The molecule has 0 saturated carbocycles. The van der Waals surface area contributed by atoms with E-state index >= 15 is 0 Å². The number of benzene rings is 1. The molecule has 22 heavy (non-hydrogen) atoms. The van der Waals surface area contributed by atoms with Crippen LogP contribution in [0.2, 0.25) is 0 Å². The van der Waals surface area contributed by atoms with Gasteiger partial charge in [-0.1, -0.05) is 32.0 Å². The fourth-order valence-corrected chi connectivity index (χ4v) is 1.97. The van der Waals surface area contributed by atoms with Crippen molar-refractivity contribution in [3.05, 3.63) is 30.3 Å². The fourth-order valence-electron chi connectivity index (χ4n) is 1.97. The van der Waals surface area contributed by atoms with Crippen LogP contribution in [0.3, 0.4) is 0 Å². The molecule has 1 atom stereocenters. The summed E-state index contributed by atoms with van der Waals surface area (Å²) in [6.45, 7) is 9.46. The largest absolute Gasteiger partial charge is 0.383 e. The van der Waals surface area contributed by atoms with Crippen molar-refractivity contribution in [2.24, 2.45) is 10.9 Å². The summed E-state index contributed by atoms with van der Waals surface area (Å²) in [5.74, 6) is 1.32. The van der Waals surface area contributed by atoms with Gasteiger partial charge in [-0.05, 0) is 25.0 Å². The smallest absolute Gasteiger partial charge is 0.191 e. The lowest BCUT2D eigenvalue weighted by Crippen LogP contribution is -2.40. The number of nitrogens with zero attached hydrogens (tertiary/aromatic N) is 1. The molecule has 0 aliphatic heterocycles. The zero-order valence-electron chi connectivity index (χ0n) is 14.2. The second-order valence-corrected chi connectivity index (χ2v) is 5.50. The highest BCUT2D eigenvalue weighted by Crippen LogP contribution is 2.12. The van der Waals surface area contributed by atoms with Crippen molar-refractivity contribution in [3.63, 3.8) is 0 Å². The first-order chi connectivity index (χ1) is 10.7. The van der Waals surface area contributed by atoms with Crippen molar-refractivity contribution in [2.45, 2.75) is 26.8 Å². The molecule has 124 valence electrons. The molecule has 0 radical (unpaired) electrons. The second kappa shape index (κ2) is 10.9. The summed E-state index contributed by atoms with van der Waals surface area (Å²) in [5.41, 5.74) is 1.13. The van der Waals surface area contributed by atoms with Gasteiger partial charge in [-0.15, -0.1) is 0 Å². The van der Waals surface area contributed by atoms with E-state index in [2.05, 4.69) is 53.8 Å². The van der Waals surface area contributed by atoms with Gasteiger partial charge < -0.3 is 20.7 Å². The topological polar surface area (TPSA) is 57.7 Å². The fraction of sp³-hybridized carbons (Fsp3) is 0.588. The van der Waals surface area contributed by atoms with Crippen molar-refractivity contribution < 1.29 is 4.74 Å². The molecular formula is C17H30N4O. The van der Waals surface area contributed by atoms with Crippen LogP contribution >= 0.6 is 0 Å². The van der Waals surface area contributed by atoms with E-state index in [1.54, 1.807) is 7.11 Å². The first kappa shape index (κ1) is 18.3. The molecule has 0 bridgehead atoms. The van der Waals surface area contributed by atoms with E-state index in [-0.39, 0.29) is 0 Å². The SMILES string of the molecule is CCNC(=NCC(Nc1ccccc1)C(C)C)NCCOC. The maximum Gasteiger partial charge on any atom is 0.191 e. The molecule has 1 aromatic rings. The molecule has 5 heteroatoms. The summed E-state index contributed by atoms with van der Waals surface area (Å²) < 4.78 is 5.06. The molecule has 0 aromatic heterocycles. The van der Waals surface area contributed by atoms with Gasteiger partial charge in [-0.2, -0.15) is 0 Å². The minimum Gasteiger partial charge on any atom is -0.383 e. The van der Waals surface area contributed by atoms with Gasteiger partial charge in [0.1, 0.15) is 0 Å². The highest BCUT2D eigenvalue weighted by Gasteiger charge is 2.13. The molecule has 0 fully saturated rings.